The number of benzene rings is 11. The van der Waals surface area contributed by atoms with Crippen molar-refractivity contribution in [3.63, 3.8) is 0 Å². The first kappa shape index (κ1) is 40.7. The molecular weight excluding hydrogens is 849 g/mol. The van der Waals surface area contributed by atoms with Gasteiger partial charge in [-0.15, -0.1) is 0 Å². The molecule has 70 heavy (non-hydrogen) atoms. The van der Waals surface area contributed by atoms with E-state index < -0.39 is 0 Å². The zero-order valence-corrected chi connectivity index (χ0v) is 37.9. The molecule has 0 saturated carbocycles. The normalized spacial score (nSPS) is 11.4. The Morgan fingerprint density at radius 2 is 0.643 bits per heavy atom. The van der Waals surface area contributed by atoms with E-state index in [1.54, 1.807) is 0 Å². The summed E-state index contributed by atoms with van der Waals surface area (Å²) in [6.07, 6.45) is 0. The molecule has 1 heterocycles. The summed E-state index contributed by atoms with van der Waals surface area (Å²) in [5.41, 5.74) is 19.1. The van der Waals surface area contributed by atoms with Crippen LogP contribution in [-0.4, -0.2) is 15.0 Å². The Hall–Kier alpha value is -9.56. The largest absolute Gasteiger partial charge is 0.238 e. The summed E-state index contributed by atoms with van der Waals surface area (Å²) in [5, 5.41) is 5.01. The molecule has 11 aromatic carbocycles. The van der Waals surface area contributed by atoms with Gasteiger partial charge in [-0.2, -0.15) is 0 Å². The van der Waals surface area contributed by atoms with Gasteiger partial charge in [0.15, 0.2) is 23.2 Å². The number of rotatable bonds is 8. The number of hydrogen-bond donors (Lipinski definition) is 0. The van der Waals surface area contributed by atoms with E-state index in [1.807, 2.05) is 42.5 Å². The lowest BCUT2D eigenvalue weighted by molar-refractivity contribution is 1.07. The lowest BCUT2D eigenvalue weighted by Crippen LogP contribution is -2.00. The Balaban J connectivity index is 0.834. The molecule has 13 rings (SSSR count). The van der Waals surface area contributed by atoms with Crippen molar-refractivity contribution in [1.29, 1.82) is 0 Å². The van der Waals surface area contributed by atoms with E-state index >= 15 is 0 Å². The van der Waals surface area contributed by atoms with Crippen molar-refractivity contribution in [1.82, 2.24) is 15.0 Å². The lowest BCUT2D eigenvalue weighted by Gasteiger charge is -2.12. The molecule has 1 aliphatic rings. The first-order valence-electron chi connectivity index (χ1n) is 23.5. The standard InChI is InChI=1S/C66H40N4/c1-67-58-39-56(38-57(40-58)51-24-8-20-47(35-51)53-31-32-59-60-27-11-17-43-18-12-28-61(63(43)60)62(59)41-53)50-23-7-19-46(34-50)48-21-9-25-54(36-48)65-68-64(44-14-3-2-4-15-44)69-66(70-65)55-26-10-22-49(37-55)52-30-29-42-13-5-6-16-45(42)33-52/h2-41H. The summed E-state index contributed by atoms with van der Waals surface area (Å²) in [7, 11) is 0. The van der Waals surface area contributed by atoms with Crippen LogP contribution in [0.5, 0.6) is 0 Å². The van der Waals surface area contributed by atoms with Crippen LogP contribution in [0.25, 0.3) is 138 Å². The second-order valence-electron chi connectivity index (χ2n) is 17.9. The third-order valence-electron chi connectivity index (χ3n) is 13.6. The van der Waals surface area contributed by atoms with Gasteiger partial charge >= 0.3 is 0 Å². The smallest absolute Gasteiger partial charge is 0.188 e. The van der Waals surface area contributed by atoms with Gasteiger partial charge in [0.2, 0.25) is 0 Å². The van der Waals surface area contributed by atoms with Gasteiger partial charge in [0.05, 0.1) is 6.57 Å². The van der Waals surface area contributed by atoms with Crippen LogP contribution in [0.3, 0.4) is 0 Å². The van der Waals surface area contributed by atoms with Crippen molar-refractivity contribution in [2.75, 3.05) is 0 Å². The summed E-state index contributed by atoms with van der Waals surface area (Å²) in [4.78, 5) is 19.2. The van der Waals surface area contributed by atoms with E-state index in [0.717, 1.165) is 72.3 Å². The van der Waals surface area contributed by atoms with Gasteiger partial charge in [-0.05, 0) is 154 Å². The summed E-state index contributed by atoms with van der Waals surface area (Å²) in [5.74, 6) is 1.81. The molecule has 0 spiro atoms. The molecule has 0 saturated heterocycles. The molecule has 0 amide bonds. The van der Waals surface area contributed by atoms with Gasteiger partial charge in [0.25, 0.3) is 0 Å². The minimum Gasteiger partial charge on any atom is -0.238 e. The molecule has 12 aromatic rings. The summed E-state index contributed by atoms with van der Waals surface area (Å²) >= 11 is 0. The Kier molecular flexibility index (Phi) is 9.85. The zero-order valence-electron chi connectivity index (χ0n) is 37.9. The van der Waals surface area contributed by atoms with E-state index in [-0.39, 0.29) is 0 Å². The third-order valence-corrected chi connectivity index (χ3v) is 13.6. The van der Waals surface area contributed by atoms with Crippen molar-refractivity contribution in [3.05, 3.63) is 254 Å². The molecule has 0 radical (unpaired) electrons. The lowest BCUT2D eigenvalue weighted by atomic mass is 9.93. The Labute approximate surface area is 406 Å². The topological polar surface area (TPSA) is 43.0 Å². The molecule has 0 atom stereocenters. The van der Waals surface area contributed by atoms with Crippen LogP contribution in [0.15, 0.2) is 243 Å². The van der Waals surface area contributed by atoms with Crippen molar-refractivity contribution in [2.24, 2.45) is 0 Å². The molecular formula is C66H40N4. The average Bonchev–Trinajstić information content (AvgIpc) is 3.77. The Morgan fingerprint density at radius 1 is 0.243 bits per heavy atom. The fourth-order valence-corrected chi connectivity index (χ4v) is 10.1. The SMILES string of the molecule is [C-]#[N+]c1cc(-c2cccc(-c3cccc(-c4nc(-c5ccccc5)nc(-c5cccc(-c6ccc7ccccc7c6)c5)n4)c3)c2)cc(-c2cccc(-c3ccc4c(c3)-c3cccc5cccc-4c35)c2)c1. The highest BCUT2D eigenvalue weighted by Gasteiger charge is 2.22. The maximum absolute atomic E-state index is 8.12. The highest BCUT2D eigenvalue weighted by Crippen LogP contribution is 2.48. The average molecular weight is 889 g/mol. The van der Waals surface area contributed by atoms with Crippen LogP contribution in [0.2, 0.25) is 0 Å². The molecule has 0 bridgehead atoms. The molecule has 4 nitrogen and oxygen atoms in total. The minimum atomic E-state index is 0.594. The molecule has 1 aromatic heterocycles. The Morgan fingerprint density at radius 3 is 1.23 bits per heavy atom. The van der Waals surface area contributed by atoms with Gasteiger partial charge in [0, 0.05) is 16.7 Å². The molecule has 0 N–H and O–H groups in total. The monoisotopic (exact) mass is 888 g/mol. The molecule has 0 aliphatic heterocycles. The number of hydrogen-bond acceptors (Lipinski definition) is 3. The van der Waals surface area contributed by atoms with E-state index in [1.165, 1.54) is 43.8 Å². The van der Waals surface area contributed by atoms with Crippen LogP contribution in [0.4, 0.5) is 5.69 Å². The number of aromatic nitrogens is 3. The summed E-state index contributed by atoms with van der Waals surface area (Å²) in [6.45, 7) is 8.12. The molecule has 324 valence electrons. The number of fused-ring (bicyclic) bond motifs is 4. The molecule has 0 unspecified atom stereocenters. The second kappa shape index (κ2) is 16.9. The van der Waals surface area contributed by atoms with Crippen LogP contribution in [0, 0.1) is 6.57 Å². The maximum atomic E-state index is 8.12. The minimum absolute atomic E-state index is 0.594. The van der Waals surface area contributed by atoms with E-state index in [9.17, 15) is 0 Å². The molecule has 1 aliphatic carbocycles. The zero-order chi connectivity index (χ0) is 46.5. The van der Waals surface area contributed by atoms with Crippen molar-refractivity contribution < 1.29 is 0 Å². The van der Waals surface area contributed by atoms with Crippen LogP contribution in [-0.2, 0) is 0 Å². The first-order chi connectivity index (χ1) is 34.6. The van der Waals surface area contributed by atoms with E-state index in [4.69, 9.17) is 21.5 Å². The molecule has 4 heteroatoms. The second-order valence-corrected chi connectivity index (χ2v) is 17.9. The first-order valence-corrected chi connectivity index (χ1v) is 23.5. The van der Waals surface area contributed by atoms with Crippen molar-refractivity contribution in [3.8, 4) is 112 Å². The van der Waals surface area contributed by atoms with Gasteiger partial charge in [-0.3, -0.25) is 0 Å². The van der Waals surface area contributed by atoms with Gasteiger partial charge in [-0.1, -0.05) is 188 Å². The fraction of sp³-hybridized carbons (Fsp3) is 0. The third kappa shape index (κ3) is 7.40. The summed E-state index contributed by atoms with van der Waals surface area (Å²) < 4.78 is 0. The van der Waals surface area contributed by atoms with Crippen LogP contribution >= 0.6 is 0 Å². The Bertz CT molecular complexity index is 4080. The highest BCUT2D eigenvalue weighted by atomic mass is 15.0. The van der Waals surface area contributed by atoms with Gasteiger partial charge < -0.3 is 0 Å². The predicted molar refractivity (Wildman–Crippen MR) is 289 cm³/mol. The summed E-state index contributed by atoms with van der Waals surface area (Å²) in [6, 6.07) is 85.4. The van der Waals surface area contributed by atoms with Crippen LogP contribution < -0.4 is 0 Å². The van der Waals surface area contributed by atoms with E-state index in [0.29, 0.717) is 23.2 Å². The quantitative estimate of drug-likeness (QED) is 0.143. The van der Waals surface area contributed by atoms with Gasteiger partial charge in [-0.25, -0.2) is 19.8 Å². The maximum Gasteiger partial charge on any atom is 0.188 e. The fourth-order valence-electron chi connectivity index (χ4n) is 10.1. The highest BCUT2D eigenvalue weighted by molar-refractivity contribution is 6.15. The predicted octanol–water partition coefficient (Wildman–Crippen LogP) is 17.7. The van der Waals surface area contributed by atoms with Crippen LogP contribution in [0.1, 0.15) is 0 Å². The van der Waals surface area contributed by atoms with Crippen molar-refractivity contribution in [2.45, 2.75) is 0 Å². The van der Waals surface area contributed by atoms with Gasteiger partial charge in [0.1, 0.15) is 0 Å². The number of nitrogens with zero attached hydrogens (tertiary/aromatic N) is 4. The molecule has 0 fully saturated rings. The van der Waals surface area contributed by atoms with Crippen molar-refractivity contribution >= 4 is 27.2 Å². The van der Waals surface area contributed by atoms with E-state index in [2.05, 4.69) is 205 Å².